The Balaban J connectivity index is 1.99. The minimum atomic E-state index is 0.478. The smallest absolute Gasteiger partial charge is 0.151 e. The van der Waals surface area contributed by atoms with E-state index >= 15 is 0 Å². The van der Waals surface area contributed by atoms with Gasteiger partial charge in [-0.2, -0.15) is 5.10 Å². The lowest BCUT2D eigenvalue weighted by Gasteiger charge is -2.22. The number of anilines is 1. The molecule has 0 saturated carbocycles. The second-order valence-electron chi connectivity index (χ2n) is 5.76. The first-order valence-electron chi connectivity index (χ1n) is 6.89. The number of hydrogen-bond acceptors (Lipinski definition) is 4. The van der Waals surface area contributed by atoms with E-state index in [1.807, 2.05) is 0 Å². The summed E-state index contributed by atoms with van der Waals surface area (Å²) in [5.74, 6) is 1.77. The topological polar surface area (TPSA) is 41.0 Å². The van der Waals surface area contributed by atoms with Crippen molar-refractivity contribution in [2.45, 2.75) is 52.7 Å². The fraction of sp³-hybridized carbons (Fsp3) is 0.714. The van der Waals surface area contributed by atoms with E-state index in [1.165, 1.54) is 6.42 Å². The highest BCUT2D eigenvalue weighted by Gasteiger charge is 2.27. The molecule has 4 nitrogen and oxygen atoms in total. The molecule has 1 aromatic heterocycles. The van der Waals surface area contributed by atoms with Gasteiger partial charge in [0.1, 0.15) is 0 Å². The van der Waals surface area contributed by atoms with Gasteiger partial charge in [0, 0.05) is 25.2 Å². The van der Waals surface area contributed by atoms with Crippen molar-refractivity contribution in [3.63, 3.8) is 0 Å². The van der Waals surface area contributed by atoms with Crippen LogP contribution in [0.25, 0.3) is 0 Å². The molecule has 100 valence electrons. The van der Waals surface area contributed by atoms with Crippen LogP contribution in [-0.4, -0.2) is 28.8 Å². The van der Waals surface area contributed by atoms with Gasteiger partial charge in [-0.05, 0) is 31.4 Å². The maximum Gasteiger partial charge on any atom is 0.151 e. The van der Waals surface area contributed by atoms with Crippen LogP contribution in [0.5, 0.6) is 0 Å². The molecule has 1 aliphatic rings. The molecule has 0 bridgehead atoms. The van der Waals surface area contributed by atoms with Crippen LogP contribution in [0.4, 0.5) is 5.82 Å². The Morgan fingerprint density at radius 2 is 2.11 bits per heavy atom. The fourth-order valence-electron chi connectivity index (χ4n) is 2.53. The van der Waals surface area contributed by atoms with Crippen molar-refractivity contribution in [2.24, 2.45) is 5.92 Å². The molecule has 1 saturated heterocycles. The molecule has 0 aliphatic carbocycles. The molecule has 1 aliphatic heterocycles. The molecule has 1 N–H and O–H groups in total. The van der Waals surface area contributed by atoms with Gasteiger partial charge in [0.2, 0.25) is 0 Å². The summed E-state index contributed by atoms with van der Waals surface area (Å²) in [5, 5.41) is 12.0. The molecule has 1 fully saturated rings. The monoisotopic (exact) mass is 248 g/mol. The third-order valence-electron chi connectivity index (χ3n) is 3.48. The van der Waals surface area contributed by atoms with Gasteiger partial charge < -0.3 is 10.2 Å². The summed E-state index contributed by atoms with van der Waals surface area (Å²) in [4.78, 5) is 2.36. The van der Waals surface area contributed by atoms with Crippen LogP contribution < -0.4 is 10.2 Å². The first-order valence-corrected chi connectivity index (χ1v) is 6.89. The third-order valence-corrected chi connectivity index (χ3v) is 3.48. The van der Waals surface area contributed by atoms with Crippen molar-refractivity contribution in [3.8, 4) is 0 Å². The largest absolute Gasteiger partial charge is 0.352 e. The second-order valence-corrected chi connectivity index (χ2v) is 5.76. The van der Waals surface area contributed by atoms with Gasteiger partial charge in [0.25, 0.3) is 0 Å². The Bertz CT molecular complexity index is 374. The predicted octanol–water partition coefficient (Wildman–Crippen LogP) is 2.21. The zero-order valence-electron chi connectivity index (χ0n) is 11.8. The zero-order chi connectivity index (χ0) is 13.1. The highest BCUT2D eigenvalue weighted by atomic mass is 15.3. The Labute approximate surface area is 110 Å². The van der Waals surface area contributed by atoms with Crippen LogP contribution >= 0.6 is 0 Å². The lowest BCUT2D eigenvalue weighted by molar-refractivity contribution is 0.577. The predicted molar refractivity (Wildman–Crippen MR) is 74.6 cm³/mol. The summed E-state index contributed by atoms with van der Waals surface area (Å²) in [6, 6.07) is 5.23. The SMILES string of the molecule is CC1CC(C)N(c2ccc(CNC(C)C)nn2)C1. The number of nitrogens with one attached hydrogen (secondary N) is 1. The minimum absolute atomic E-state index is 0.478. The van der Waals surface area contributed by atoms with E-state index in [4.69, 9.17) is 0 Å². The van der Waals surface area contributed by atoms with Gasteiger partial charge >= 0.3 is 0 Å². The molecular weight excluding hydrogens is 224 g/mol. The third kappa shape index (κ3) is 3.19. The molecule has 18 heavy (non-hydrogen) atoms. The summed E-state index contributed by atoms with van der Waals surface area (Å²) in [6.07, 6.45) is 1.25. The number of rotatable bonds is 4. The van der Waals surface area contributed by atoms with E-state index in [0.717, 1.165) is 30.5 Å². The molecule has 0 amide bonds. The lowest BCUT2D eigenvalue weighted by atomic mass is 10.1. The summed E-state index contributed by atoms with van der Waals surface area (Å²) >= 11 is 0. The van der Waals surface area contributed by atoms with E-state index in [0.29, 0.717) is 12.1 Å². The molecule has 2 unspecified atom stereocenters. The van der Waals surface area contributed by atoms with Crippen LogP contribution in [0, 0.1) is 5.92 Å². The van der Waals surface area contributed by atoms with Crippen molar-refractivity contribution < 1.29 is 0 Å². The van der Waals surface area contributed by atoms with E-state index in [9.17, 15) is 0 Å². The Kier molecular flexibility index (Phi) is 4.17. The highest BCUT2D eigenvalue weighted by molar-refractivity contribution is 5.40. The second kappa shape index (κ2) is 5.65. The molecular formula is C14H24N4. The van der Waals surface area contributed by atoms with Crippen molar-refractivity contribution >= 4 is 5.82 Å². The molecule has 0 aromatic carbocycles. The van der Waals surface area contributed by atoms with Crippen LogP contribution in [0.1, 0.15) is 39.8 Å². The number of hydrogen-bond donors (Lipinski definition) is 1. The standard InChI is InChI=1S/C14H24N4/c1-10(2)15-8-13-5-6-14(17-16-13)18-9-11(3)7-12(18)4/h5-6,10-12,15H,7-9H2,1-4H3. The normalized spacial score (nSPS) is 23.9. The van der Waals surface area contributed by atoms with Gasteiger partial charge in [-0.1, -0.05) is 20.8 Å². The van der Waals surface area contributed by atoms with Gasteiger partial charge in [-0.25, -0.2) is 0 Å². The average molecular weight is 248 g/mol. The molecule has 0 radical (unpaired) electrons. The van der Waals surface area contributed by atoms with Crippen molar-refractivity contribution in [2.75, 3.05) is 11.4 Å². The van der Waals surface area contributed by atoms with Crippen molar-refractivity contribution in [1.82, 2.24) is 15.5 Å². The van der Waals surface area contributed by atoms with Gasteiger partial charge in [-0.3, -0.25) is 0 Å². The van der Waals surface area contributed by atoms with Crippen LogP contribution in [0.3, 0.4) is 0 Å². The van der Waals surface area contributed by atoms with Gasteiger partial charge in [0.15, 0.2) is 5.82 Å². The summed E-state index contributed by atoms with van der Waals surface area (Å²) in [7, 11) is 0. The average Bonchev–Trinajstić information content (AvgIpc) is 2.66. The molecule has 2 atom stereocenters. The molecule has 4 heteroatoms. The molecule has 2 heterocycles. The lowest BCUT2D eigenvalue weighted by Crippen LogP contribution is -2.28. The maximum absolute atomic E-state index is 4.36. The number of aromatic nitrogens is 2. The van der Waals surface area contributed by atoms with Crippen molar-refractivity contribution in [3.05, 3.63) is 17.8 Å². The summed E-state index contributed by atoms with van der Waals surface area (Å²) in [6.45, 7) is 10.7. The number of nitrogens with zero attached hydrogens (tertiary/aromatic N) is 3. The van der Waals surface area contributed by atoms with E-state index in [-0.39, 0.29) is 0 Å². The highest BCUT2D eigenvalue weighted by Crippen LogP contribution is 2.26. The quantitative estimate of drug-likeness (QED) is 0.887. The van der Waals surface area contributed by atoms with Gasteiger partial charge in [-0.15, -0.1) is 5.10 Å². The fourth-order valence-corrected chi connectivity index (χ4v) is 2.53. The van der Waals surface area contributed by atoms with Crippen molar-refractivity contribution in [1.29, 1.82) is 0 Å². The van der Waals surface area contributed by atoms with E-state index in [1.54, 1.807) is 0 Å². The zero-order valence-corrected chi connectivity index (χ0v) is 11.8. The molecule has 0 spiro atoms. The minimum Gasteiger partial charge on any atom is -0.352 e. The molecule has 1 aromatic rings. The maximum atomic E-state index is 4.36. The van der Waals surface area contributed by atoms with Crippen LogP contribution in [0.15, 0.2) is 12.1 Å². The Morgan fingerprint density at radius 1 is 1.33 bits per heavy atom. The summed E-state index contributed by atoms with van der Waals surface area (Å²) in [5.41, 5.74) is 1.01. The molecule has 2 rings (SSSR count). The Morgan fingerprint density at radius 3 is 2.61 bits per heavy atom. The van der Waals surface area contributed by atoms with E-state index in [2.05, 4.69) is 60.2 Å². The van der Waals surface area contributed by atoms with Gasteiger partial charge in [0.05, 0.1) is 5.69 Å². The Hall–Kier alpha value is -1.16. The van der Waals surface area contributed by atoms with Crippen LogP contribution in [-0.2, 0) is 6.54 Å². The van der Waals surface area contributed by atoms with Crippen LogP contribution in [0.2, 0.25) is 0 Å². The van der Waals surface area contributed by atoms with E-state index < -0.39 is 0 Å². The first kappa shape index (κ1) is 13.3. The summed E-state index contributed by atoms with van der Waals surface area (Å²) < 4.78 is 0. The first-order chi connectivity index (χ1) is 8.56.